The van der Waals surface area contributed by atoms with Crippen molar-refractivity contribution in [1.82, 2.24) is 9.62 Å². The Bertz CT molecular complexity index is 587. The van der Waals surface area contributed by atoms with E-state index in [1.54, 1.807) is 6.92 Å². The smallest absolute Gasteiger partial charge is 0.312 e. The second kappa shape index (κ2) is 5.34. The standard InChI is InChI=1S/C12H15F3N2O2S/c1-9-8-17(7-6-16-9)20(18,19)11-5-3-2-4-10(11)12(13,14)15/h2-5,9,16H,6-8H2,1H3/t9-/m1/s1. The molecule has 0 radical (unpaired) electrons. The summed E-state index contributed by atoms with van der Waals surface area (Å²) in [6, 6.07) is 4.19. The lowest BCUT2D eigenvalue weighted by Gasteiger charge is -2.31. The molecule has 0 spiro atoms. The monoisotopic (exact) mass is 308 g/mol. The maximum absolute atomic E-state index is 12.9. The van der Waals surface area contributed by atoms with Crippen LogP contribution in [0.15, 0.2) is 29.2 Å². The minimum atomic E-state index is -4.69. The Kier molecular flexibility index (Phi) is 4.08. The van der Waals surface area contributed by atoms with Crippen molar-refractivity contribution in [3.8, 4) is 0 Å². The van der Waals surface area contributed by atoms with Crippen molar-refractivity contribution >= 4 is 10.0 Å². The number of benzene rings is 1. The lowest BCUT2D eigenvalue weighted by Crippen LogP contribution is -2.51. The third-order valence-corrected chi connectivity index (χ3v) is 5.07. The van der Waals surface area contributed by atoms with Crippen LogP contribution in [-0.4, -0.2) is 38.4 Å². The molecule has 2 rings (SSSR count). The summed E-state index contributed by atoms with van der Waals surface area (Å²) in [5.41, 5.74) is -1.12. The number of alkyl halides is 3. The van der Waals surface area contributed by atoms with E-state index >= 15 is 0 Å². The molecule has 0 aromatic heterocycles. The number of hydrogen-bond acceptors (Lipinski definition) is 3. The lowest BCUT2D eigenvalue weighted by atomic mass is 10.2. The van der Waals surface area contributed by atoms with Crippen LogP contribution in [0.4, 0.5) is 13.2 Å². The second-order valence-electron chi connectivity index (χ2n) is 4.71. The van der Waals surface area contributed by atoms with Crippen molar-refractivity contribution in [2.75, 3.05) is 19.6 Å². The molecule has 0 saturated carbocycles. The van der Waals surface area contributed by atoms with E-state index in [0.717, 1.165) is 16.4 Å². The summed E-state index contributed by atoms with van der Waals surface area (Å²) in [6.45, 7) is 2.54. The topological polar surface area (TPSA) is 49.4 Å². The maximum Gasteiger partial charge on any atom is 0.417 e. The number of piperazine rings is 1. The fraction of sp³-hybridized carbons (Fsp3) is 0.500. The summed E-state index contributed by atoms with van der Waals surface area (Å²) >= 11 is 0. The van der Waals surface area contributed by atoms with E-state index in [0.29, 0.717) is 6.54 Å². The highest BCUT2D eigenvalue weighted by Gasteiger charge is 2.39. The van der Waals surface area contributed by atoms with Crippen molar-refractivity contribution in [3.63, 3.8) is 0 Å². The zero-order valence-electron chi connectivity index (χ0n) is 10.8. The molecule has 0 bridgehead atoms. The third kappa shape index (κ3) is 2.97. The molecule has 1 fully saturated rings. The summed E-state index contributed by atoms with van der Waals surface area (Å²) < 4.78 is 64.7. The van der Waals surface area contributed by atoms with Crippen LogP contribution in [-0.2, 0) is 16.2 Å². The summed E-state index contributed by atoms with van der Waals surface area (Å²) in [6.07, 6.45) is -4.69. The molecule has 1 aromatic carbocycles. The Hall–Kier alpha value is -1.12. The molecule has 0 aliphatic carbocycles. The molecule has 1 aliphatic rings. The van der Waals surface area contributed by atoms with Gasteiger partial charge in [-0.05, 0) is 19.1 Å². The maximum atomic E-state index is 12.9. The first-order valence-electron chi connectivity index (χ1n) is 6.12. The number of halogens is 3. The number of rotatable bonds is 2. The average Bonchev–Trinajstić information content (AvgIpc) is 2.38. The average molecular weight is 308 g/mol. The molecule has 8 heteroatoms. The highest BCUT2D eigenvalue weighted by Crippen LogP contribution is 2.35. The first kappa shape index (κ1) is 15.3. The van der Waals surface area contributed by atoms with Crippen LogP contribution >= 0.6 is 0 Å². The van der Waals surface area contributed by atoms with Gasteiger partial charge < -0.3 is 5.32 Å². The van der Waals surface area contributed by atoms with E-state index in [1.807, 2.05) is 0 Å². The van der Waals surface area contributed by atoms with E-state index in [1.165, 1.54) is 12.1 Å². The molecular formula is C12H15F3N2O2S. The second-order valence-corrected chi connectivity index (χ2v) is 6.62. The zero-order valence-corrected chi connectivity index (χ0v) is 11.6. The Labute approximate surface area is 115 Å². The first-order valence-corrected chi connectivity index (χ1v) is 7.56. The van der Waals surface area contributed by atoms with Crippen molar-refractivity contribution < 1.29 is 21.6 Å². The Morgan fingerprint density at radius 3 is 2.55 bits per heavy atom. The summed E-state index contributed by atoms with van der Waals surface area (Å²) in [5.74, 6) is 0. The van der Waals surface area contributed by atoms with Crippen LogP contribution in [0, 0.1) is 0 Å². The summed E-state index contributed by atoms with van der Waals surface area (Å²) in [4.78, 5) is -0.679. The van der Waals surface area contributed by atoms with Crippen LogP contribution in [0.3, 0.4) is 0 Å². The van der Waals surface area contributed by atoms with E-state index in [4.69, 9.17) is 0 Å². The van der Waals surface area contributed by atoms with Crippen molar-refractivity contribution in [3.05, 3.63) is 29.8 Å². The van der Waals surface area contributed by atoms with Gasteiger partial charge in [-0.2, -0.15) is 17.5 Å². The van der Waals surface area contributed by atoms with Crippen LogP contribution in [0.1, 0.15) is 12.5 Å². The minimum absolute atomic E-state index is 0.0865. The van der Waals surface area contributed by atoms with Crippen LogP contribution in [0.25, 0.3) is 0 Å². The predicted octanol–water partition coefficient (Wildman–Crippen LogP) is 1.69. The van der Waals surface area contributed by atoms with Crippen molar-refractivity contribution in [2.24, 2.45) is 0 Å². The van der Waals surface area contributed by atoms with Crippen molar-refractivity contribution in [2.45, 2.75) is 24.0 Å². The zero-order chi connectivity index (χ0) is 15.0. The van der Waals surface area contributed by atoms with Crippen LogP contribution in [0.5, 0.6) is 0 Å². The molecule has 0 amide bonds. The fourth-order valence-electron chi connectivity index (χ4n) is 2.18. The number of hydrogen-bond donors (Lipinski definition) is 1. The van der Waals surface area contributed by atoms with E-state index in [-0.39, 0.29) is 19.1 Å². The number of sulfonamides is 1. The fourth-order valence-corrected chi connectivity index (χ4v) is 3.92. The molecular weight excluding hydrogens is 293 g/mol. The van der Waals surface area contributed by atoms with Gasteiger partial charge in [-0.1, -0.05) is 12.1 Å². The molecule has 1 heterocycles. The van der Waals surface area contributed by atoms with E-state index < -0.39 is 26.7 Å². The largest absolute Gasteiger partial charge is 0.417 e. The van der Waals surface area contributed by atoms with Gasteiger partial charge in [0.15, 0.2) is 0 Å². The quantitative estimate of drug-likeness (QED) is 0.904. The SMILES string of the molecule is C[C@@H]1CN(S(=O)(=O)c2ccccc2C(F)(F)F)CCN1. The highest BCUT2D eigenvalue weighted by molar-refractivity contribution is 7.89. The van der Waals surface area contributed by atoms with Gasteiger partial charge in [0.2, 0.25) is 10.0 Å². The van der Waals surface area contributed by atoms with Gasteiger partial charge >= 0.3 is 6.18 Å². The molecule has 1 aromatic rings. The van der Waals surface area contributed by atoms with Crippen LogP contribution < -0.4 is 5.32 Å². The van der Waals surface area contributed by atoms with Gasteiger partial charge in [-0.15, -0.1) is 0 Å². The molecule has 1 aliphatic heterocycles. The van der Waals surface area contributed by atoms with Gasteiger partial charge in [0.1, 0.15) is 0 Å². The van der Waals surface area contributed by atoms with Crippen molar-refractivity contribution in [1.29, 1.82) is 0 Å². The van der Waals surface area contributed by atoms with Gasteiger partial charge in [-0.3, -0.25) is 0 Å². The predicted molar refractivity (Wildman–Crippen MR) is 67.7 cm³/mol. The third-order valence-electron chi connectivity index (χ3n) is 3.14. The first-order chi connectivity index (χ1) is 9.23. The summed E-state index contributed by atoms with van der Waals surface area (Å²) in [7, 11) is -4.14. The molecule has 1 atom stereocenters. The molecule has 1 N–H and O–H groups in total. The Morgan fingerprint density at radius 2 is 1.95 bits per heavy atom. The number of nitrogens with zero attached hydrogens (tertiary/aromatic N) is 1. The molecule has 1 saturated heterocycles. The van der Waals surface area contributed by atoms with Gasteiger partial charge in [0, 0.05) is 25.7 Å². The number of nitrogens with one attached hydrogen (secondary N) is 1. The van der Waals surface area contributed by atoms with Crippen LogP contribution in [0.2, 0.25) is 0 Å². The highest BCUT2D eigenvalue weighted by atomic mass is 32.2. The van der Waals surface area contributed by atoms with Gasteiger partial charge in [0.05, 0.1) is 10.5 Å². The molecule has 4 nitrogen and oxygen atoms in total. The molecule has 0 unspecified atom stereocenters. The molecule has 112 valence electrons. The Balaban J connectivity index is 2.45. The Morgan fingerprint density at radius 1 is 1.30 bits per heavy atom. The summed E-state index contributed by atoms with van der Waals surface area (Å²) in [5, 5.41) is 3.05. The minimum Gasteiger partial charge on any atom is -0.312 e. The normalized spacial score (nSPS) is 21.9. The van der Waals surface area contributed by atoms with Gasteiger partial charge in [0.25, 0.3) is 0 Å². The van der Waals surface area contributed by atoms with E-state index in [9.17, 15) is 21.6 Å². The van der Waals surface area contributed by atoms with E-state index in [2.05, 4.69) is 5.32 Å². The molecule has 20 heavy (non-hydrogen) atoms. The van der Waals surface area contributed by atoms with Gasteiger partial charge in [-0.25, -0.2) is 8.42 Å². The lowest BCUT2D eigenvalue weighted by molar-refractivity contribution is -0.139.